The Morgan fingerprint density at radius 3 is 2.19 bits per heavy atom. The topological polar surface area (TPSA) is 110 Å². The van der Waals surface area contributed by atoms with Gasteiger partial charge in [0.25, 0.3) is 15.6 Å². The van der Waals surface area contributed by atoms with E-state index in [9.17, 15) is 18.0 Å². The van der Waals surface area contributed by atoms with Crippen LogP contribution in [-0.4, -0.2) is 23.9 Å². The summed E-state index contributed by atoms with van der Waals surface area (Å²) in [5, 5.41) is 3.09. The van der Waals surface area contributed by atoms with E-state index in [4.69, 9.17) is 0 Å². The molecule has 0 fully saturated rings. The molecule has 1 amide bonds. The first-order valence-electron chi connectivity index (χ1n) is 9.74. The Kier molecular flexibility index (Phi) is 5.50. The van der Waals surface area contributed by atoms with Crippen molar-refractivity contribution in [1.82, 2.24) is 9.55 Å². The van der Waals surface area contributed by atoms with E-state index in [0.717, 1.165) is 0 Å². The number of rotatable bonds is 5. The summed E-state index contributed by atoms with van der Waals surface area (Å²) < 4.78 is 29.4. The van der Waals surface area contributed by atoms with E-state index in [0.29, 0.717) is 33.8 Å². The van der Waals surface area contributed by atoms with Gasteiger partial charge in [0.1, 0.15) is 5.82 Å². The van der Waals surface area contributed by atoms with Crippen molar-refractivity contribution in [3.63, 3.8) is 0 Å². The number of aryl methyl sites for hydroxylation is 1. The van der Waals surface area contributed by atoms with E-state index >= 15 is 0 Å². The molecule has 0 saturated heterocycles. The van der Waals surface area contributed by atoms with Crippen molar-refractivity contribution in [3.05, 3.63) is 89.0 Å². The van der Waals surface area contributed by atoms with Crippen LogP contribution in [0.5, 0.6) is 0 Å². The number of aromatic nitrogens is 2. The Morgan fingerprint density at radius 1 is 0.906 bits per heavy atom. The molecular weight excluding hydrogens is 428 g/mol. The van der Waals surface area contributed by atoms with Crippen molar-refractivity contribution in [3.8, 4) is 5.69 Å². The van der Waals surface area contributed by atoms with Crippen LogP contribution in [-0.2, 0) is 14.8 Å². The van der Waals surface area contributed by atoms with Crippen LogP contribution in [0.3, 0.4) is 0 Å². The van der Waals surface area contributed by atoms with Gasteiger partial charge in [-0.1, -0.05) is 12.1 Å². The molecule has 1 heterocycles. The molecule has 3 aromatic carbocycles. The first kappa shape index (κ1) is 21.3. The molecule has 1 aromatic heterocycles. The van der Waals surface area contributed by atoms with Gasteiger partial charge in [0.05, 0.1) is 21.5 Å². The van der Waals surface area contributed by atoms with Gasteiger partial charge in [-0.05, 0) is 67.6 Å². The Labute approximate surface area is 184 Å². The monoisotopic (exact) mass is 448 g/mol. The molecule has 0 aliphatic rings. The fourth-order valence-electron chi connectivity index (χ4n) is 3.36. The third-order valence-electron chi connectivity index (χ3n) is 4.81. The first-order chi connectivity index (χ1) is 15.2. The Balaban J connectivity index is 1.60. The van der Waals surface area contributed by atoms with Gasteiger partial charge in [0.2, 0.25) is 5.91 Å². The summed E-state index contributed by atoms with van der Waals surface area (Å²) in [6.45, 7) is 3.12. The van der Waals surface area contributed by atoms with E-state index in [1.54, 1.807) is 49.4 Å². The Bertz CT molecular complexity index is 1480. The first-order valence-corrected chi connectivity index (χ1v) is 11.2. The van der Waals surface area contributed by atoms with E-state index in [2.05, 4.69) is 15.0 Å². The molecule has 0 atom stereocenters. The minimum absolute atomic E-state index is 0.0569. The normalized spacial score (nSPS) is 11.3. The number of anilines is 2. The number of hydrogen-bond donors (Lipinski definition) is 2. The van der Waals surface area contributed by atoms with Gasteiger partial charge < -0.3 is 5.32 Å². The lowest BCUT2D eigenvalue weighted by Gasteiger charge is -2.13. The second-order valence-electron chi connectivity index (χ2n) is 7.17. The molecule has 8 nitrogen and oxygen atoms in total. The number of nitrogens with one attached hydrogen (secondary N) is 2. The van der Waals surface area contributed by atoms with Crippen LogP contribution >= 0.6 is 0 Å². The van der Waals surface area contributed by atoms with Gasteiger partial charge in [-0.25, -0.2) is 13.4 Å². The molecule has 4 aromatic rings. The summed E-state index contributed by atoms with van der Waals surface area (Å²) in [6, 6.07) is 19.4. The highest BCUT2D eigenvalue weighted by molar-refractivity contribution is 7.92. The fourth-order valence-corrected chi connectivity index (χ4v) is 4.42. The zero-order chi connectivity index (χ0) is 22.9. The number of nitrogens with zero attached hydrogens (tertiary/aromatic N) is 2. The van der Waals surface area contributed by atoms with Crippen molar-refractivity contribution in [2.24, 2.45) is 0 Å². The molecule has 0 radical (unpaired) electrons. The summed E-state index contributed by atoms with van der Waals surface area (Å²) in [7, 11) is -3.82. The average Bonchev–Trinajstić information content (AvgIpc) is 2.75. The summed E-state index contributed by atoms with van der Waals surface area (Å²) in [4.78, 5) is 28.6. The van der Waals surface area contributed by atoms with Gasteiger partial charge in [0.15, 0.2) is 0 Å². The number of fused-ring (bicyclic) bond motifs is 1. The van der Waals surface area contributed by atoms with Crippen molar-refractivity contribution >= 4 is 38.2 Å². The molecule has 0 bridgehead atoms. The predicted molar refractivity (Wildman–Crippen MR) is 124 cm³/mol. The highest BCUT2D eigenvalue weighted by Gasteiger charge is 2.15. The molecule has 4 rings (SSSR count). The van der Waals surface area contributed by atoms with Crippen molar-refractivity contribution < 1.29 is 13.2 Å². The number of sulfonamides is 1. The average molecular weight is 449 g/mol. The van der Waals surface area contributed by atoms with Gasteiger partial charge in [0, 0.05) is 18.3 Å². The third-order valence-corrected chi connectivity index (χ3v) is 6.20. The molecule has 2 N–H and O–H groups in total. The van der Waals surface area contributed by atoms with Crippen LogP contribution in [0.4, 0.5) is 11.4 Å². The second-order valence-corrected chi connectivity index (χ2v) is 8.86. The largest absolute Gasteiger partial charge is 0.326 e. The molecule has 32 heavy (non-hydrogen) atoms. The lowest BCUT2D eigenvalue weighted by atomic mass is 10.2. The second kappa shape index (κ2) is 8.27. The highest BCUT2D eigenvalue weighted by atomic mass is 32.2. The number of benzene rings is 3. The number of para-hydroxylation sites is 1. The maximum atomic E-state index is 12.9. The summed E-state index contributed by atoms with van der Waals surface area (Å²) in [5.74, 6) is 0.288. The predicted octanol–water partition coefficient (Wildman–Crippen LogP) is 3.45. The highest BCUT2D eigenvalue weighted by Crippen LogP contribution is 2.20. The minimum Gasteiger partial charge on any atom is -0.326 e. The molecule has 162 valence electrons. The van der Waals surface area contributed by atoms with E-state index in [1.807, 2.05) is 6.07 Å². The van der Waals surface area contributed by atoms with Crippen molar-refractivity contribution in [2.75, 3.05) is 10.0 Å². The Hall–Kier alpha value is -3.98. The zero-order valence-corrected chi connectivity index (χ0v) is 18.2. The smallest absolute Gasteiger partial charge is 0.265 e. The van der Waals surface area contributed by atoms with Crippen LogP contribution < -0.4 is 15.6 Å². The van der Waals surface area contributed by atoms with Crippen LogP contribution in [0, 0.1) is 6.92 Å². The molecule has 0 aliphatic heterocycles. The number of hydrogen-bond acceptors (Lipinski definition) is 5. The van der Waals surface area contributed by atoms with Crippen LogP contribution in [0.2, 0.25) is 0 Å². The van der Waals surface area contributed by atoms with Gasteiger partial charge >= 0.3 is 0 Å². The maximum Gasteiger partial charge on any atom is 0.265 e. The SMILES string of the molecule is CC(=O)Nc1ccc(S(=O)(=O)Nc2ccc(-n3c(C)nc4ccccc4c3=O)cc2)cc1. The third kappa shape index (κ3) is 4.23. The summed E-state index contributed by atoms with van der Waals surface area (Å²) in [5.41, 5.74) is 1.86. The quantitative estimate of drug-likeness (QED) is 0.486. The molecule has 0 spiro atoms. The maximum absolute atomic E-state index is 12.9. The fraction of sp³-hybridized carbons (Fsp3) is 0.0870. The van der Waals surface area contributed by atoms with E-state index in [-0.39, 0.29) is 16.4 Å². The number of amides is 1. The van der Waals surface area contributed by atoms with Crippen molar-refractivity contribution in [1.29, 1.82) is 0 Å². The summed E-state index contributed by atoms with van der Waals surface area (Å²) in [6.07, 6.45) is 0. The lowest BCUT2D eigenvalue weighted by molar-refractivity contribution is -0.114. The van der Waals surface area contributed by atoms with Gasteiger partial charge in [-0.15, -0.1) is 0 Å². The van der Waals surface area contributed by atoms with Crippen LogP contribution in [0.1, 0.15) is 12.7 Å². The molecule has 0 aliphatic carbocycles. The van der Waals surface area contributed by atoms with Crippen LogP contribution in [0.15, 0.2) is 82.5 Å². The summed E-state index contributed by atoms with van der Waals surface area (Å²) >= 11 is 0. The minimum atomic E-state index is -3.82. The van der Waals surface area contributed by atoms with Crippen molar-refractivity contribution in [2.45, 2.75) is 18.7 Å². The van der Waals surface area contributed by atoms with Gasteiger partial charge in [-0.2, -0.15) is 0 Å². The molecular formula is C23H20N4O4S. The zero-order valence-electron chi connectivity index (χ0n) is 17.4. The molecule has 0 unspecified atom stereocenters. The van der Waals surface area contributed by atoms with Gasteiger partial charge in [-0.3, -0.25) is 18.9 Å². The molecule has 9 heteroatoms. The van der Waals surface area contributed by atoms with Crippen LogP contribution in [0.25, 0.3) is 16.6 Å². The number of carbonyl (C=O) groups excluding carboxylic acids is 1. The van der Waals surface area contributed by atoms with E-state index < -0.39 is 10.0 Å². The lowest BCUT2D eigenvalue weighted by Crippen LogP contribution is -2.22. The molecule has 0 saturated carbocycles. The van der Waals surface area contributed by atoms with E-state index in [1.165, 1.54) is 35.8 Å². The number of carbonyl (C=O) groups is 1. The standard InChI is InChI=1S/C23H20N4O4S/c1-15-24-22-6-4-3-5-21(22)23(29)27(15)19-11-7-18(8-12-19)26-32(30,31)20-13-9-17(10-14-20)25-16(2)28/h3-14,26H,1-2H3,(H,25,28). The Morgan fingerprint density at radius 2 is 1.53 bits per heavy atom.